The first-order chi connectivity index (χ1) is 17.2. The van der Waals surface area contributed by atoms with Crippen molar-refractivity contribution in [3.63, 3.8) is 0 Å². The average Bonchev–Trinajstić information content (AvgIpc) is 3.52. The molecular formula is C25H23F3N6O2. The Bertz CT molecular complexity index is 1500. The second kappa shape index (κ2) is 9.14. The van der Waals surface area contributed by atoms with Crippen LogP contribution in [0.3, 0.4) is 0 Å². The molecule has 1 aliphatic rings. The Hall–Kier alpha value is -4.15. The summed E-state index contributed by atoms with van der Waals surface area (Å²) in [5, 5.41) is 6.98. The molecule has 3 heterocycles. The number of carbonyl (C=O) groups excluding carboxylic acids is 1. The Morgan fingerprint density at radius 1 is 1.08 bits per heavy atom. The van der Waals surface area contributed by atoms with Crippen molar-refractivity contribution in [1.29, 1.82) is 0 Å². The van der Waals surface area contributed by atoms with Crippen molar-refractivity contribution in [2.45, 2.75) is 32.5 Å². The maximum absolute atomic E-state index is 13.1. The number of nitrogens with one attached hydrogen (secondary N) is 1. The van der Waals surface area contributed by atoms with E-state index < -0.39 is 23.2 Å². The number of hydrogen-bond acceptors (Lipinski definition) is 5. The van der Waals surface area contributed by atoms with Crippen LogP contribution in [0.4, 0.5) is 24.5 Å². The lowest BCUT2D eigenvalue weighted by Gasteiger charge is -2.19. The standard InChI is InChI=1S/C25H23F3N6O2/c1-16-11-18(32-9-2-3-10-32)7-8-21(16)31-22(35)14-33-15-29-23-20(24(33)36)13-30-34(23)19-6-4-5-17(12-19)25(26,27)28/h4-8,11-13,15H,2-3,9-10,14H2,1H3,(H,31,35). The van der Waals surface area contributed by atoms with Gasteiger partial charge in [0.25, 0.3) is 5.56 Å². The smallest absolute Gasteiger partial charge is 0.372 e. The minimum Gasteiger partial charge on any atom is -0.372 e. The molecule has 1 N–H and O–H groups in total. The monoisotopic (exact) mass is 496 g/mol. The Balaban J connectivity index is 1.35. The number of aromatic nitrogens is 4. The van der Waals surface area contributed by atoms with Gasteiger partial charge >= 0.3 is 6.18 Å². The second-order valence-electron chi connectivity index (χ2n) is 8.76. The highest BCUT2D eigenvalue weighted by Crippen LogP contribution is 2.30. The fourth-order valence-electron chi connectivity index (χ4n) is 4.37. The minimum absolute atomic E-state index is 0.0915. The second-order valence-corrected chi connectivity index (χ2v) is 8.76. The molecule has 186 valence electrons. The molecule has 0 aliphatic carbocycles. The van der Waals surface area contributed by atoms with Crippen LogP contribution in [0, 0.1) is 6.92 Å². The van der Waals surface area contributed by atoms with Crippen LogP contribution < -0.4 is 15.8 Å². The lowest BCUT2D eigenvalue weighted by molar-refractivity contribution is -0.137. The molecule has 0 bridgehead atoms. The number of carbonyl (C=O) groups is 1. The average molecular weight is 496 g/mol. The highest BCUT2D eigenvalue weighted by Gasteiger charge is 2.30. The first-order valence-electron chi connectivity index (χ1n) is 11.5. The summed E-state index contributed by atoms with van der Waals surface area (Å²) in [6.07, 6.45) is 0.256. The van der Waals surface area contributed by atoms with Crippen LogP contribution in [0.5, 0.6) is 0 Å². The van der Waals surface area contributed by atoms with Gasteiger partial charge in [-0.2, -0.15) is 18.3 Å². The predicted molar refractivity (Wildman–Crippen MR) is 129 cm³/mol. The molecular weight excluding hydrogens is 473 g/mol. The molecule has 0 spiro atoms. The number of benzene rings is 2. The first kappa shape index (κ1) is 23.6. The maximum Gasteiger partial charge on any atom is 0.416 e. The van der Waals surface area contributed by atoms with E-state index in [1.54, 1.807) is 0 Å². The SMILES string of the molecule is Cc1cc(N2CCCC2)ccc1NC(=O)Cn1cnc2c(cnn2-c2cccc(C(F)(F)F)c2)c1=O. The van der Waals surface area contributed by atoms with Crippen LogP contribution in [0.2, 0.25) is 0 Å². The van der Waals surface area contributed by atoms with E-state index in [1.807, 2.05) is 25.1 Å². The molecule has 1 fully saturated rings. The summed E-state index contributed by atoms with van der Waals surface area (Å²) in [6, 6.07) is 10.4. The van der Waals surface area contributed by atoms with Crippen LogP contribution in [0.15, 0.2) is 59.8 Å². The van der Waals surface area contributed by atoms with Crippen LogP contribution in [0.25, 0.3) is 16.7 Å². The van der Waals surface area contributed by atoms with Gasteiger partial charge in [-0.25, -0.2) is 9.67 Å². The van der Waals surface area contributed by atoms with E-state index in [2.05, 4.69) is 20.3 Å². The van der Waals surface area contributed by atoms with Gasteiger partial charge in [0.1, 0.15) is 18.3 Å². The van der Waals surface area contributed by atoms with Gasteiger partial charge in [-0.1, -0.05) is 6.07 Å². The zero-order valence-electron chi connectivity index (χ0n) is 19.4. The van der Waals surface area contributed by atoms with Crippen LogP contribution in [-0.4, -0.2) is 38.3 Å². The third-order valence-corrected chi connectivity index (χ3v) is 6.24. The van der Waals surface area contributed by atoms with Crippen molar-refractivity contribution >= 4 is 28.3 Å². The number of aryl methyl sites for hydroxylation is 1. The normalized spacial score (nSPS) is 13.9. The van der Waals surface area contributed by atoms with Crippen molar-refractivity contribution in [2.24, 2.45) is 0 Å². The fraction of sp³-hybridized carbons (Fsp3) is 0.280. The van der Waals surface area contributed by atoms with Gasteiger partial charge in [0.15, 0.2) is 5.65 Å². The van der Waals surface area contributed by atoms with Gasteiger partial charge in [0, 0.05) is 24.5 Å². The zero-order valence-corrected chi connectivity index (χ0v) is 19.4. The largest absolute Gasteiger partial charge is 0.416 e. The number of anilines is 2. The molecule has 0 radical (unpaired) electrons. The van der Waals surface area contributed by atoms with E-state index >= 15 is 0 Å². The van der Waals surface area contributed by atoms with Crippen molar-refractivity contribution in [2.75, 3.05) is 23.3 Å². The van der Waals surface area contributed by atoms with Crippen LogP contribution >= 0.6 is 0 Å². The lowest BCUT2D eigenvalue weighted by atomic mass is 10.1. The van der Waals surface area contributed by atoms with Gasteiger partial charge in [-0.3, -0.25) is 14.2 Å². The summed E-state index contributed by atoms with van der Waals surface area (Å²) < 4.78 is 41.6. The number of fused-ring (bicyclic) bond motifs is 1. The van der Waals surface area contributed by atoms with E-state index in [0.717, 1.165) is 41.0 Å². The third kappa shape index (κ3) is 4.56. The maximum atomic E-state index is 13.1. The number of hydrogen-bond donors (Lipinski definition) is 1. The molecule has 0 atom stereocenters. The van der Waals surface area contributed by atoms with Crippen molar-refractivity contribution in [3.8, 4) is 5.69 Å². The summed E-state index contributed by atoms with van der Waals surface area (Å²) >= 11 is 0. The minimum atomic E-state index is -4.51. The number of amides is 1. The summed E-state index contributed by atoms with van der Waals surface area (Å²) in [4.78, 5) is 32.1. The Morgan fingerprint density at radius 2 is 1.86 bits per heavy atom. The summed E-state index contributed by atoms with van der Waals surface area (Å²) in [5.41, 5.74) is 1.55. The molecule has 5 rings (SSSR count). The molecule has 1 saturated heterocycles. The van der Waals surface area contributed by atoms with E-state index in [-0.39, 0.29) is 23.3 Å². The van der Waals surface area contributed by atoms with Gasteiger partial charge in [-0.15, -0.1) is 0 Å². The van der Waals surface area contributed by atoms with E-state index in [0.29, 0.717) is 5.69 Å². The summed E-state index contributed by atoms with van der Waals surface area (Å²) in [7, 11) is 0. The number of nitrogens with zero attached hydrogens (tertiary/aromatic N) is 5. The molecule has 36 heavy (non-hydrogen) atoms. The first-order valence-corrected chi connectivity index (χ1v) is 11.5. The van der Waals surface area contributed by atoms with Gasteiger partial charge in [-0.05, 0) is 61.7 Å². The molecule has 11 heteroatoms. The topological polar surface area (TPSA) is 85.1 Å². The molecule has 2 aromatic carbocycles. The third-order valence-electron chi connectivity index (χ3n) is 6.24. The van der Waals surface area contributed by atoms with Crippen molar-refractivity contribution in [3.05, 3.63) is 76.5 Å². The fourth-order valence-corrected chi connectivity index (χ4v) is 4.37. The van der Waals surface area contributed by atoms with Gasteiger partial charge < -0.3 is 10.2 Å². The van der Waals surface area contributed by atoms with Crippen LogP contribution in [-0.2, 0) is 17.5 Å². The molecule has 2 aromatic heterocycles. The Labute approximate surface area is 204 Å². The van der Waals surface area contributed by atoms with E-state index in [1.165, 1.54) is 42.2 Å². The van der Waals surface area contributed by atoms with Crippen molar-refractivity contribution < 1.29 is 18.0 Å². The number of halogens is 3. The molecule has 1 amide bonds. The van der Waals surface area contributed by atoms with Gasteiger partial charge in [0.05, 0.1) is 17.4 Å². The molecule has 0 saturated carbocycles. The molecule has 1 aliphatic heterocycles. The lowest BCUT2D eigenvalue weighted by Crippen LogP contribution is -2.28. The molecule has 4 aromatic rings. The summed E-state index contributed by atoms with van der Waals surface area (Å²) in [5.74, 6) is -0.402. The highest BCUT2D eigenvalue weighted by molar-refractivity contribution is 5.91. The van der Waals surface area contributed by atoms with E-state index in [9.17, 15) is 22.8 Å². The molecule has 0 unspecified atom stereocenters. The summed E-state index contributed by atoms with van der Waals surface area (Å²) in [6.45, 7) is 3.68. The van der Waals surface area contributed by atoms with Gasteiger partial charge in [0.2, 0.25) is 5.91 Å². The molecule has 8 nitrogen and oxygen atoms in total. The number of rotatable bonds is 5. The zero-order chi connectivity index (χ0) is 25.4. The highest BCUT2D eigenvalue weighted by atomic mass is 19.4. The van der Waals surface area contributed by atoms with Crippen molar-refractivity contribution in [1.82, 2.24) is 19.3 Å². The van der Waals surface area contributed by atoms with Crippen LogP contribution in [0.1, 0.15) is 24.0 Å². The Morgan fingerprint density at radius 3 is 2.58 bits per heavy atom. The van der Waals surface area contributed by atoms with E-state index in [4.69, 9.17) is 0 Å². The Kier molecular flexibility index (Phi) is 5.99. The predicted octanol–water partition coefficient (Wildman–Crippen LogP) is 4.15. The quantitative estimate of drug-likeness (QED) is 0.449. The number of alkyl halides is 3.